The monoisotopic (exact) mass is 2260 g/mol. The molecule has 0 aliphatic carbocycles. The minimum absolute atomic E-state index is 0.00421. The number of carboxylic acids is 2. The summed E-state index contributed by atoms with van der Waals surface area (Å²) in [6, 6.07) is -19.8. The van der Waals surface area contributed by atoms with Crippen LogP contribution in [0.4, 0.5) is 0 Å². The van der Waals surface area contributed by atoms with Crippen molar-refractivity contribution in [1.29, 1.82) is 0 Å². The predicted octanol–water partition coefficient (Wildman–Crippen LogP) is -11.3. The van der Waals surface area contributed by atoms with Gasteiger partial charge in [-0.25, -0.2) is 5.90 Å². The summed E-state index contributed by atoms with van der Waals surface area (Å²) in [5, 5.41) is 125. The van der Waals surface area contributed by atoms with E-state index in [1.807, 2.05) is 5.32 Å². The van der Waals surface area contributed by atoms with Crippen LogP contribution in [0.1, 0.15) is 107 Å². The topological polar surface area (TPSA) is 894 Å². The molecule has 0 saturated heterocycles. The van der Waals surface area contributed by atoms with Crippen molar-refractivity contribution in [3.63, 3.8) is 0 Å². The molecule has 149 heavy (non-hydrogen) atoms. The maximum absolute atomic E-state index is 13.3. The fourth-order valence-electron chi connectivity index (χ4n) is 11.1. The molecule has 18 atom stereocenters. The SMILES string of the molecule is C=NOCC(=O)N[C@@H](CCSC)C(=O)N[C@@H](C)C(=O)N[C@@H](CO)C(=O)N[C@@H](CCSC)C(=O)N[C@H](C(=O)NCC(=O)O)C(C)O.C=NOCC(=O)N[C@@H](CCSC)C(=O)N[C@@H](C)C(=O)N[C@@H](CO)C(=O)N[C@@H](CCSC)C(=O)N[C@H](C(=O)NCC(=O)SCCC(=O)OCC)C(C)O.CCOC(=O)CCN.CSCC[C@H](NC(=O)CON)C(=O)N[C@@H](C)C(=O)N[C@@H](CO)C(=O)N[C@@H](CCSC)C(=O)N[C@H](C(=O)NCC(=O)O)C(C)O. The van der Waals surface area contributed by atoms with Gasteiger partial charge in [0.25, 0.3) is 11.8 Å². The number of aliphatic carboxylic acids is 2. The normalized spacial score (nSPS) is 14.2. The standard InChI is InChI=1S/C30H51N7O12S3.C25H43N7O11S2.C24H43N7O11S2.C5H11NO2/c1-7-48-23(41)10-13-52-24(42)14-32-30(47)25(18(3)39)37-28(45)20(9-12-51-6)35-29(46)21(15-38)36-26(43)17(2)33-27(44)19(8-11-50-5)34-22(40)16-49-31-4;1-13(28-22(39)15(6-8-44-4)29-18(35)12-43-26-3)21(38)31-17(11-33)24(41)30-16(7-9-45-5)23(40)32-20(14(2)34)25(42)27-10-19(36)37;1-12(27-21(38)14(5-7-43-3)28-17(34)11-42-25)20(37)30-16(10-32)23(40)29-15(6-8-44-4)22(39)31-19(13(2)33)24(41)26-9-18(35)36;1-2-8-5(7)3-4-6/h17-21,25,38-39H,4,7-16H2,1-3,5-6H3,(H,32,47)(H,33,44)(H,34,40)(H,35,46)(H,36,43)(H,37,45);13-17,20,33-34H,3,6-12H2,1-2,4-5H3,(H,27,42)(H,28,39)(H,29,35)(H,30,41)(H,31,38)(H,32,40)(H,36,37);12-16,19,32-33H,5-11,25H2,1-4H3,(H,26,41)(H,27,38)(H,28,34)(H,29,40)(H,30,37)(H,31,39)(H,35,36);2-4,6H2,1H3/t17-,18?,19-,20-,21-,25-;13-,14?,15-,16-,17-,20-;12-,13?,14-,15-,16-,19-;/m000./s1. The van der Waals surface area contributed by atoms with E-state index >= 15 is 0 Å². The van der Waals surface area contributed by atoms with Gasteiger partial charge in [-0.15, -0.1) is 10.3 Å². The van der Waals surface area contributed by atoms with Crippen molar-refractivity contribution in [2.75, 3.05) is 157 Å². The molecule has 18 amide bonds. The number of aliphatic hydroxyl groups is 6. The quantitative estimate of drug-likeness (QED) is 0.0153. The van der Waals surface area contributed by atoms with Crippen molar-refractivity contribution in [1.82, 2.24) is 95.7 Å². The third-order valence-corrected chi connectivity index (χ3v) is 23.7. The lowest BCUT2D eigenvalue weighted by Gasteiger charge is -2.26. The van der Waals surface area contributed by atoms with Gasteiger partial charge in [-0.05, 0) is 166 Å². The van der Waals surface area contributed by atoms with Crippen LogP contribution < -0.4 is 107 Å². The van der Waals surface area contributed by atoms with E-state index in [-0.39, 0.29) is 63.3 Å². The van der Waals surface area contributed by atoms with Crippen LogP contribution in [0.2, 0.25) is 0 Å². The highest BCUT2D eigenvalue weighted by atomic mass is 32.2. The number of nitrogens with zero attached hydrogens (tertiary/aromatic N) is 2. The van der Waals surface area contributed by atoms with Crippen LogP contribution in [0.25, 0.3) is 0 Å². The molecule has 852 valence electrons. The maximum atomic E-state index is 13.3. The summed E-state index contributed by atoms with van der Waals surface area (Å²) in [6.45, 7) is 12.2. The summed E-state index contributed by atoms with van der Waals surface area (Å²) in [7, 11) is 0. The Kier molecular flexibility index (Phi) is 84.0. The van der Waals surface area contributed by atoms with E-state index in [0.717, 1.165) is 11.8 Å². The van der Waals surface area contributed by atoms with Crippen LogP contribution in [0, 0.1) is 0 Å². The second-order valence-corrected chi connectivity index (χ2v) is 38.1. The molecular weight excluding hydrogens is 2120 g/mol. The fraction of sp³-hybridized carbons (Fsp3) is 0.702. The van der Waals surface area contributed by atoms with Crippen LogP contribution in [-0.4, -0.2) is 455 Å². The lowest BCUT2D eigenvalue weighted by Crippen LogP contribution is -2.60. The zero-order valence-corrected chi connectivity index (χ0v) is 91.0. The molecule has 0 aliphatic heterocycles. The first-order chi connectivity index (χ1) is 70.4. The van der Waals surface area contributed by atoms with Crippen molar-refractivity contribution in [2.24, 2.45) is 21.9 Å². The van der Waals surface area contributed by atoms with Gasteiger partial charge in [0.1, 0.15) is 110 Å². The first kappa shape index (κ1) is 144. The molecular formula is C84H148N22O36S7. The van der Waals surface area contributed by atoms with Crippen LogP contribution in [0.3, 0.4) is 0 Å². The molecule has 0 heterocycles. The molecule has 0 saturated carbocycles. The molecule has 0 aromatic carbocycles. The van der Waals surface area contributed by atoms with Gasteiger partial charge in [0.15, 0.2) is 13.2 Å². The van der Waals surface area contributed by atoms with Gasteiger partial charge in [-0.1, -0.05) is 11.8 Å². The Morgan fingerprint density at radius 3 is 0.779 bits per heavy atom. The lowest BCUT2D eigenvalue weighted by atomic mass is 10.1. The van der Waals surface area contributed by atoms with Crippen molar-refractivity contribution in [3.8, 4) is 0 Å². The molecule has 0 aromatic rings. The van der Waals surface area contributed by atoms with Gasteiger partial charge < -0.3 is 161 Å². The van der Waals surface area contributed by atoms with Crippen molar-refractivity contribution < 1.29 is 175 Å². The third kappa shape index (κ3) is 67.8. The van der Waals surface area contributed by atoms with Gasteiger partial charge in [-0.2, -0.15) is 70.6 Å². The third-order valence-electron chi connectivity index (χ3n) is 19.0. The van der Waals surface area contributed by atoms with Crippen LogP contribution >= 0.6 is 82.3 Å². The van der Waals surface area contributed by atoms with E-state index in [0.29, 0.717) is 54.1 Å². The molecule has 0 aromatic heterocycles. The van der Waals surface area contributed by atoms with Crippen LogP contribution in [0.15, 0.2) is 10.3 Å². The molecule has 30 N–H and O–H groups in total. The zero-order chi connectivity index (χ0) is 114. The fourth-order valence-corrected chi connectivity index (χ4v) is 14.6. The first-order valence-corrected chi connectivity index (χ1v) is 55.0. The van der Waals surface area contributed by atoms with E-state index in [4.69, 9.17) is 26.6 Å². The second kappa shape index (κ2) is 86.7. The number of rotatable bonds is 75. The Bertz CT molecular complexity index is 4200. The van der Waals surface area contributed by atoms with Gasteiger partial charge in [0.05, 0.1) is 70.7 Å². The lowest BCUT2D eigenvalue weighted by molar-refractivity contribution is -0.143. The summed E-state index contributed by atoms with van der Waals surface area (Å²) in [5.74, 6) is -10.7. The molecule has 0 radical (unpaired) electrons. The number of esters is 2. The number of amides is 18. The molecule has 58 nitrogen and oxygen atoms in total. The Morgan fingerprint density at radius 1 is 0.315 bits per heavy atom. The van der Waals surface area contributed by atoms with Gasteiger partial charge in [0, 0.05) is 25.7 Å². The highest BCUT2D eigenvalue weighted by Crippen LogP contribution is 2.13. The summed E-state index contributed by atoms with van der Waals surface area (Å²) >= 11 is 9.10. The molecule has 0 spiro atoms. The highest BCUT2D eigenvalue weighted by molar-refractivity contribution is 8.13. The van der Waals surface area contributed by atoms with Gasteiger partial charge >= 0.3 is 23.9 Å². The largest absolute Gasteiger partial charge is 0.480 e. The molecule has 0 bridgehead atoms. The second-order valence-electron chi connectivity index (χ2n) is 31.0. The zero-order valence-electron chi connectivity index (χ0n) is 85.3. The number of ether oxygens (including phenoxy) is 2. The minimum Gasteiger partial charge on any atom is -0.480 e. The summed E-state index contributed by atoms with van der Waals surface area (Å²) in [5.41, 5.74) is 5.06. The van der Waals surface area contributed by atoms with E-state index in [9.17, 15) is 141 Å². The average Bonchev–Trinajstić information content (AvgIpc) is 0.865. The molecule has 0 rings (SSSR count). The van der Waals surface area contributed by atoms with E-state index in [1.165, 1.54) is 112 Å². The highest BCUT2D eigenvalue weighted by Gasteiger charge is 2.39. The smallest absolute Gasteiger partial charge is 0.322 e. The molecule has 65 heteroatoms. The van der Waals surface area contributed by atoms with Crippen molar-refractivity contribution in [3.05, 3.63) is 0 Å². The molecule has 3 unspecified atom stereocenters. The Labute approximate surface area is 891 Å². The van der Waals surface area contributed by atoms with E-state index in [1.54, 1.807) is 51.4 Å². The minimum atomic E-state index is -1.56. The Balaban J connectivity index is -0.00000102. The summed E-state index contributed by atoms with van der Waals surface area (Å²) in [4.78, 5) is 297. The average molecular weight is 2270 g/mol. The van der Waals surface area contributed by atoms with Gasteiger partial charge in [0.2, 0.25) is 99.6 Å². The predicted molar refractivity (Wildman–Crippen MR) is 555 cm³/mol. The number of oxime groups is 2. The number of hydrogen-bond acceptors (Lipinski definition) is 45. The number of nitrogens with one attached hydrogen (secondary N) is 18. The van der Waals surface area contributed by atoms with E-state index < -0.39 is 298 Å². The number of thioether (sulfide) groups is 7. The van der Waals surface area contributed by atoms with Crippen molar-refractivity contribution >= 4 is 231 Å². The first-order valence-electron chi connectivity index (χ1n) is 45.6. The van der Waals surface area contributed by atoms with Crippen molar-refractivity contribution in [2.45, 2.75) is 216 Å². The Morgan fingerprint density at radius 2 is 0.550 bits per heavy atom. The maximum Gasteiger partial charge on any atom is 0.322 e. The number of carbonyl (C=O) groups is 23. The van der Waals surface area contributed by atoms with Crippen LogP contribution in [0.5, 0.6) is 0 Å². The number of carboxylic acid groups (broad SMARTS) is 2. The van der Waals surface area contributed by atoms with Gasteiger partial charge in [-0.3, -0.25) is 115 Å². The summed E-state index contributed by atoms with van der Waals surface area (Å²) in [6.07, 6.45) is 7.55. The van der Waals surface area contributed by atoms with Crippen LogP contribution in [-0.2, 0) is 134 Å². The molecule has 0 aliphatic rings. The summed E-state index contributed by atoms with van der Waals surface area (Å²) < 4.78 is 9.35. The molecule has 0 fully saturated rings. The Hall–Kier alpha value is -11.0. The number of carbonyl (C=O) groups excluding carboxylic acids is 21. The number of nitrogens with two attached hydrogens (primary N) is 2. The van der Waals surface area contributed by atoms with E-state index in [2.05, 4.69) is 133 Å². The number of hydrogen-bond donors (Lipinski definition) is 28. The number of aliphatic hydroxyl groups excluding tert-OH is 6.